The van der Waals surface area contributed by atoms with Crippen LogP contribution >= 0.6 is 31.9 Å². The van der Waals surface area contributed by atoms with Crippen molar-refractivity contribution in [1.82, 2.24) is 0 Å². The summed E-state index contributed by atoms with van der Waals surface area (Å²) in [5, 5.41) is 10.4. The molecule has 0 heterocycles. The first-order valence-electron chi connectivity index (χ1n) is 6.27. The minimum atomic E-state index is -0.654. The molecule has 1 atom stereocenters. The number of hydrogen-bond donors (Lipinski definition) is 1. The Morgan fingerprint density at radius 1 is 1.10 bits per heavy atom. The molecule has 2 rings (SSSR count). The van der Waals surface area contributed by atoms with E-state index in [-0.39, 0.29) is 5.82 Å². The van der Waals surface area contributed by atoms with Crippen molar-refractivity contribution in [1.29, 1.82) is 0 Å². The Morgan fingerprint density at radius 3 is 2.30 bits per heavy atom. The molecule has 20 heavy (non-hydrogen) atoms. The van der Waals surface area contributed by atoms with Crippen LogP contribution in [0.1, 0.15) is 28.4 Å². The maximum atomic E-state index is 13.5. The van der Waals surface area contributed by atoms with Crippen LogP contribution < -0.4 is 0 Å². The Kier molecular flexibility index (Phi) is 4.99. The monoisotopic (exact) mass is 400 g/mol. The molecule has 1 nitrogen and oxygen atoms in total. The highest BCUT2D eigenvalue weighted by molar-refractivity contribution is 9.10. The standard InChI is InChI=1S/C16H15Br2FO/c1-9-6-12(7-10(2)15(9)17)14(20)8-11-4-3-5-13(19)16(11)18/h3-7,14,20H,8H2,1-2H3. The Morgan fingerprint density at radius 2 is 1.70 bits per heavy atom. The summed E-state index contributed by atoms with van der Waals surface area (Å²) >= 11 is 6.74. The van der Waals surface area contributed by atoms with Crippen molar-refractivity contribution in [3.63, 3.8) is 0 Å². The van der Waals surface area contributed by atoms with Crippen molar-refractivity contribution >= 4 is 31.9 Å². The van der Waals surface area contributed by atoms with Crippen LogP contribution in [0.3, 0.4) is 0 Å². The molecule has 2 aromatic carbocycles. The Bertz CT molecular complexity index is 617. The predicted octanol–water partition coefficient (Wildman–Crippen LogP) is 5.24. The van der Waals surface area contributed by atoms with Crippen molar-refractivity contribution in [3.05, 3.63) is 67.3 Å². The SMILES string of the molecule is Cc1cc(C(O)Cc2cccc(F)c2Br)cc(C)c1Br. The van der Waals surface area contributed by atoms with Gasteiger partial charge in [0.05, 0.1) is 10.6 Å². The molecule has 0 saturated heterocycles. The van der Waals surface area contributed by atoms with Gasteiger partial charge in [-0.25, -0.2) is 4.39 Å². The number of aryl methyl sites for hydroxylation is 2. The topological polar surface area (TPSA) is 20.2 Å². The molecule has 0 aliphatic heterocycles. The van der Waals surface area contributed by atoms with Crippen LogP contribution in [0.5, 0.6) is 0 Å². The molecule has 0 bridgehead atoms. The van der Waals surface area contributed by atoms with Crippen molar-refractivity contribution in [3.8, 4) is 0 Å². The van der Waals surface area contributed by atoms with E-state index in [1.54, 1.807) is 6.07 Å². The summed E-state index contributed by atoms with van der Waals surface area (Å²) in [5.74, 6) is -0.308. The second kappa shape index (κ2) is 6.37. The highest BCUT2D eigenvalue weighted by Gasteiger charge is 2.14. The average Bonchev–Trinajstić information content (AvgIpc) is 2.40. The van der Waals surface area contributed by atoms with Gasteiger partial charge in [-0.1, -0.05) is 40.2 Å². The number of aliphatic hydroxyl groups excluding tert-OH is 1. The van der Waals surface area contributed by atoms with E-state index in [0.29, 0.717) is 10.9 Å². The van der Waals surface area contributed by atoms with Crippen molar-refractivity contribution in [2.24, 2.45) is 0 Å². The van der Waals surface area contributed by atoms with Gasteiger partial charge in [-0.2, -0.15) is 0 Å². The lowest BCUT2D eigenvalue weighted by Gasteiger charge is -2.15. The van der Waals surface area contributed by atoms with E-state index in [9.17, 15) is 9.50 Å². The van der Waals surface area contributed by atoms with Crippen molar-refractivity contribution < 1.29 is 9.50 Å². The molecule has 0 fully saturated rings. The summed E-state index contributed by atoms with van der Waals surface area (Å²) in [6, 6.07) is 8.77. The molecule has 0 radical (unpaired) electrons. The zero-order valence-corrected chi connectivity index (χ0v) is 14.4. The number of hydrogen-bond acceptors (Lipinski definition) is 1. The Balaban J connectivity index is 2.28. The Hall–Kier alpha value is -0.710. The maximum Gasteiger partial charge on any atom is 0.137 e. The van der Waals surface area contributed by atoms with E-state index in [1.807, 2.05) is 32.0 Å². The van der Waals surface area contributed by atoms with Crippen LogP contribution in [0.15, 0.2) is 39.3 Å². The quantitative estimate of drug-likeness (QED) is 0.745. The molecule has 2 aromatic rings. The summed E-state index contributed by atoms with van der Waals surface area (Å²) in [5.41, 5.74) is 3.77. The molecule has 4 heteroatoms. The maximum absolute atomic E-state index is 13.5. The summed E-state index contributed by atoms with van der Waals surface area (Å²) < 4.78 is 15.0. The molecule has 1 unspecified atom stereocenters. The molecule has 0 aromatic heterocycles. The summed E-state index contributed by atoms with van der Waals surface area (Å²) in [7, 11) is 0. The molecule has 0 saturated carbocycles. The zero-order valence-electron chi connectivity index (χ0n) is 11.3. The van der Waals surface area contributed by atoms with Gasteiger partial charge >= 0.3 is 0 Å². The number of halogens is 3. The fourth-order valence-corrected chi connectivity index (χ4v) is 2.86. The zero-order chi connectivity index (χ0) is 14.9. The fourth-order valence-electron chi connectivity index (χ4n) is 2.20. The molecule has 0 aliphatic carbocycles. The van der Waals surface area contributed by atoms with Crippen molar-refractivity contribution in [2.45, 2.75) is 26.4 Å². The number of aliphatic hydroxyl groups is 1. The third kappa shape index (κ3) is 3.30. The minimum absolute atomic E-state index is 0.308. The number of benzene rings is 2. The lowest BCUT2D eigenvalue weighted by atomic mass is 9.98. The summed E-state index contributed by atoms with van der Waals surface area (Å²) in [6.45, 7) is 3.98. The van der Waals surface area contributed by atoms with Crippen molar-refractivity contribution in [2.75, 3.05) is 0 Å². The molecule has 0 aliphatic rings. The first kappa shape index (κ1) is 15.7. The average molecular weight is 402 g/mol. The smallest absolute Gasteiger partial charge is 0.137 e. The normalized spacial score (nSPS) is 12.5. The van der Waals surface area contributed by atoms with E-state index >= 15 is 0 Å². The van der Waals surface area contributed by atoms with Gasteiger partial charge in [-0.05, 0) is 58.1 Å². The van der Waals surface area contributed by atoms with Gasteiger partial charge in [0.15, 0.2) is 0 Å². The lowest BCUT2D eigenvalue weighted by molar-refractivity contribution is 0.178. The molecular formula is C16H15Br2FO. The molecule has 1 N–H and O–H groups in total. The minimum Gasteiger partial charge on any atom is -0.388 e. The Labute approximate surface area is 135 Å². The second-order valence-electron chi connectivity index (χ2n) is 4.90. The highest BCUT2D eigenvalue weighted by Crippen LogP contribution is 2.29. The van der Waals surface area contributed by atoms with Gasteiger partial charge in [0.1, 0.15) is 5.82 Å². The van der Waals surface area contributed by atoms with Gasteiger partial charge in [0.25, 0.3) is 0 Å². The highest BCUT2D eigenvalue weighted by atomic mass is 79.9. The van der Waals surface area contributed by atoms with Crippen LogP contribution in [0.4, 0.5) is 4.39 Å². The van der Waals surface area contributed by atoms with E-state index < -0.39 is 6.10 Å². The van der Waals surface area contributed by atoms with Crippen LogP contribution in [-0.4, -0.2) is 5.11 Å². The van der Waals surface area contributed by atoms with Crippen LogP contribution in [0.25, 0.3) is 0 Å². The first-order valence-corrected chi connectivity index (χ1v) is 7.86. The van der Waals surface area contributed by atoms with E-state index in [1.165, 1.54) is 6.07 Å². The van der Waals surface area contributed by atoms with Gasteiger partial charge < -0.3 is 5.11 Å². The third-order valence-corrected chi connectivity index (χ3v) is 5.43. The summed E-state index contributed by atoms with van der Waals surface area (Å²) in [4.78, 5) is 0. The third-order valence-electron chi connectivity index (χ3n) is 3.29. The summed E-state index contributed by atoms with van der Waals surface area (Å²) in [6.07, 6.45) is -0.280. The first-order chi connectivity index (χ1) is 9.40. The fraction of sp³-hybridized carbons (Fsp3) is 0.250. The van der Waals surface area contributed by atoms with Gasteiger partial charge in [-0.3, -0.25) is 0 Å². The molecular weight excluding hydrogens is 387 g/mol. The van der Waals surface area contributed by atoms with Crippen LogP contribution in [0, 0.1) is 19.7 Å². The van der Waals surface area contributed by atoms with E-state index in [4.69, 9.17) is 0 Å². The second-order valence-corrected chi connectivity index (χ2v) is 6.49. The predicted molar refractivity (Wildman–Crippen MR) is 86.4 cm³/mol. The van der Waals surface area contributed by atoms with Gasteiger partial charge in [0, 0.05) is 10.9 Å². The lowest BCUT2D eigenvalue weighted by Crippen LogP contribution is -2.04. The van der Waals surface area contributed by atoms with Crippen LogP contribution in [-0.2, 0) is 6.42 Å². The molecule has 0 spiro atoms. The number of rotatable bonds is 3. The largest absolute Gasteiger partial charge is 0.388 e. The van der Waals surface area contributed by atoms with Gasteiger partial charge in [-0.15, -0.1) is 0 Å². The van der Waals surface area contributed by atoms with E-state index in [0.717, 1.165) is 26.7 Å². The molecule has 106 valence electrons. The van der Waals surface area contributed by atoms with Crippen LogP contribution in [0.2, 0.25) is 0 Å². The van der Waals surface area contributed by atoms with Gasteiger partial charge in [0.2, 0.25) is 0 Å². The molecule has 0 amide bonds. The van der Waals surface area contributed by atoms with E-state index in [2.05, 4.69) is 31.9 Å².